The van der Waals surface area contributed by atoms with Crippen LogP contribution >= 0.6 is 0 Å². The van der Waals surface area contributed by atoms with Crippen molar-refractivity contribution in [3.63, 3.8) is 0 Å². The number of nitrogens with two attached hydrogens (primary N) is 1. The molecule has 1 aliphatic heterocycles. The lowest BCUT2D eigenvalue weighted by atomic mass is 9.70. The van der Waals surface area contributed by atoms with Crippen molar-refractivity contribution in [2.45, 2.75) is 52.5 Å². The van der Waals surface area contributed by atoms with Crippen molar-refractivity contribution < 1.29 is 9.53 Å². The molecule has 0 amide bonds. The van der Waals surface area contributed by atoms with E-state index in [4.69, 9.17) is 10.5 Å². The second-order valence-corrected chi connectivity index (χ2v) is 7.24. The van der Waals surface area contributed by atoms with Crippen molar-refractivity contribution in [3.05, 3.63) is 40.7 Å². The highest BCUT2D eigenvalue weighted by Crippen LogP contribution is 2.47. The van der Waals surface area contributed by atoms with E-state index in [-0.39, 0.29) is 22.7 Å². The van der Waals surface area contributed by atoms with Gasteiger partial charge in [-0.3, -0.25) is 9.48 Å². The lowest BCUT2D eigenvalue weighted by molar-refractivity contribution is -0.119. The van der Waals surface area contributed by atoms with E-state index in [1.54, 1.807) is 6.20 Å². The van der Waals surface area contributed by atoms with Crippen LogP contribution in [0, 0.1) is 16.7 Å². The highest BCUT2D eigenvalue weighted by molar-refractivity contribution is 6.00. The van der Waals surface area contributed by atoms with E-state index in [1.807, 2.05) is 24.7 Å². The summed E-state index contributed by atoms with van der Waals surface area (Å²) < 4.78 is 7.50. The number of Topliss-reactive ketones (excluding diaryl/α,β-unsaturated/α-hetero) is 1. The standard InChI is InChI=1S/C18H22N4O2/c1-4-5-22-10-11(9-21-22)15-12(8-19)17(20)24-14-7-18(2,3)6-13(23)16(14)15/h9-10,15H,4-7,20H2,1-3H3/t15-/m1/s1. The van der Waals surface area contributed by atoms with Gasteiger partial charge in [0.25, 0.3) is 0 Å². The van der Waals surface area contributed by atoms with E-state index in [0.29, 0.717) is 24.2 Å². The lowest BCUT2D eigenvalue weighted by Crippen LogP contribution is -2.33. The van der Waals surface area contributed by atoms with Crippen molar-refractivity contribution in [3.8, 4) is 6.07 Å². The van der Waals surface area contributed by atoms with Gasteiger partial charge in [0, 0.05) is 36.7 Å². The summed E-state index contributed by atoms with van der Waals surface area (Å²) >= 11 is 0. The van der Waals surface area contributed by atoms with Gasteiger partial charge in [0.15, 0.2) is 5.78 Å². The van der Waals surface area contributed by atoms with E-state index >= 15 is 0 Å². The molecule has 0 fully saturated rings. The van der Waals surface area contributed by atoms with E-state index < -0.39 is 5.92 Å². The number of ether oxygens (including phenoxy) is 1. The quantitative estimate of drug-likeness (QED) is 0.921. The van der Waals surface area contributed by atoms with Crippen molar-refractivity contribution in [1.82, 2.24) is 9.78 Å². The Morgan fingerprint density at radius 3 is 2.92 bits per heavy atom. The Labute approximate surface area is 141 Å². The SMILES string of the molecule is CCCn1cc([C@@H]2C(C#N)=C(N)OC3=C2C(=O)CC(C)(C)C3)cn1. The zero-order chi connectivity index (χ0) is 17.5. The van der Waals surface area contributed by atoms with Crippen LogP contribution in [0.2, 0.25) is 0 Å². The lowest BCUT2D eigenvalue weighted by Gasteiger charge is -2.36. The number of hydrogen-bond donors (Lipinski definition) is 1. The fraction of sp³-hybridized carbons (Fsp3) is 0.500. The van der Waals surface area contributed by atoms with Gasteiger partial charge in [0.05, 0.1) is 12.1 Å². The van der Waals surface area contributed by atoms with E-state index in [2.05, 4.69) is 18.1 Å². The molecule has 2 heterocycles. The molecule has 0 saturated carbocycles. The molecule has 0 saturated heterocycles. The largest absolute Gasteiger partial charge is 0.444 e. The first-order chi connectivity index (χ1) is 11.4. The second-order valence-electron chi connectivity index (χ2n) is 7.24. The van der Waals surface area contributed by atoms with Crippen molar-refractivity contribution in [2.75, 3.05) is 0 Å². The van der Waals surface area contributed by atoms with Crippen LogP contribution in [0.5, 0.6) is 0 Å². The predicted molar refractivity (Wildman–Crippen MR) is 88.2 cm³/mol. The topological polar surface area (TPSA) is 93.9 Å². The number of aryl methyl sites for hydroxylation is 1. The van der Waals surface area contributed by atoms with Crippen molar-refractivity contribution in [1.29, 1.82) is 5.26 Å². The molecule has 0 bridgehead atoms. The fourth-order valence-electron chi connectivity index (χ4n) is 3.50. The third kappa shape index (κ3) is 2.71. The number of carbonyl (C=O) groups is 1. The van der Waals surface area contributed by atoms with Gasteiger partial charge in [-0.1, -0.05) is 20.8 Å². The van der Waals surface area contributed by atoms with Gasteiger partial charge < -0.3 is 10.5 Å². The molecule has 24 heavy (non-hydrogen) atoms. The molecule has 2 aliphatic rings. The van der Waals surface area contributed by atoms with Gasteiger partial charge in [-0.2, -0.15) is 10.4 Å². The van der Waals surface area contributed by atoms with Crippen LogP contribution < -0.4 is 5.73 Å². The Kier molecular flexibility index (Phi) is 3.96. The summed E-state index contributed by atoms with van der Waals surface area (Å²) in [6, 6.07) is 2.12. The van der Waals surface area contributed by atoms with Gasteiger partial charge in [-0.25, -0.2) is 0 Å². The Hall–Kier alpha value is -2.55. The third-order valence-corrected chi connectivity index (χ3v) is 4.51. The minimum Gasteiger partial charge on any atom is -0.444 e. The fourth-order valence-corrected chi connectivity index (χ4v) is 3.50. The van der Waals surface area contributed by atoms with Crippen LogP contribution in [0.1, 0.15) is 51.5 Å². The normalized spacial score (nSPS) is 22.9. The molecule has 3 rings (SSSR count). The number of nitrogens with zero attached hydrogens (tertiary/aromatic N) is 3. The van der Waals surface area contributed by atoms with Crippen molar-refractivity contribution >= 4 is 5.78 Å². The average Bonchev–Trinajstić information content (AvgIpc) is 2.93. The molecule has 6 nitrogen and oxygen atoms in total. The van der Waals surface area contributed by atoms with Gasteiger partial charge in [-0.15, -0.1) is 0 Å². The number of carbonyl (C=O) groups excluding carboxylic acids is 1. The molecule has 1 aromatic heterocycles. The molecule has 0 radical (unpaired) electrons. The molecule has 1 aromatic rings. The first kappa shape index (κ1) is 16.3. The molecular formula is C18H22N4O2. The molecule has 6 heteroatoms. The maximum Gasteiger partial charge on any atom is 0.205 e. The zero-order valence-electron chi connectivity index (χ0n) is 14.3. The summed E-state index contributed by atoms with van der Waals surface area (Å²) in [5.74, 6) is 0.235. The number of ketones is 1. The monoisotopic (exact) mass is 326 g/mol. The number of nitriles is 1. The second kappa shape index (κ2) is 5.82. The van der Waals surface area contributed by atoms with Crippen molar-refractivity contribution in [2.24, 2.45) is 11.1 Å². The van der Waals surface area contributed by atoms with Crippen LogP contribution in [-0.4, -0.2) is 15.6 Å². The zero-order valence-corrected chi connectivity index (χ0v) is 14.3. The summed E-state index contributed by atoms with van der Waals surface area (Å²) in [5.41, 5.74) is 7.48. The van der Waals surface area contributed by atoms with Crippen LogP contribution in [0.15, 0.2) is 35.2 Å². The highest BCUT2D eigenvalue weighted by atomic mass is 16.5. The Bertz CT molecular complexity index is 792. The first-order valence-corrected chi connectivity index (χ1v) is 8.22. The summed E-state index contributed by atoms with van der Waals surface area (Å²) in [6.07, 6.45) is 5.63. The summed E-state index contributed by atoms with van der Waals surface area (Å²) in [6.45, 7) is 6.93. The van der Waals surface area contributed by atoms with Gasteiger partial charge in [-0.05, 0) is 11.8 Å². The van der Waals surface area contributed by atoms with Gasteiger partial charge in [0.1, 0.15) is 17.4 Å². The summed E-state index contributed by atoms with van der Waals surface area (Å²) in [5, 5.41) is 13.9. The third-order valence-electron chi connectivity index (χ3n) is 4.51. The number of hydrogen-bond acceptors (Lipinski definition) is 5. The predicted octanol–water partition coefficient (Wildman–Crippen LogP) is 2.74. The number of aromatic nitrogens is 2. The summed E-state index contributed by atoms with van der Waals surface area (Å²) in [4.78, 5) is 12.8. The van der Waals surface area contributed by atoms with Crippen LogP contribution in [0.4, 0.5) is 0 Å². The maximum absolute atomic E-state index is 12.8. The molecule has 0 unspecified atom stereocenters. The smallest absolute Gasteiger partial charge is 0.205 e. The van der Waals surface area contributed by atoms with Crippen LogP contribution in [0.3, 0.4) is 0 Å². The minimum absolute atomic E-state index is 0.0229. The molecular weight excluding hydrogens is 304 g/mol. The van der Waals surface area contributed by atoms with Crippen LogP contribution in [0.25, 0.3) is 0 Å². The van der Waals surface area contributed by atoms with Gasteiger partial charge >= 0.3 is 0 Å². The van der Waals surface area contributed by atoms with E-state index in [9.17, 15) is 10.1 Å². The Morgan fingerprint density at radius 1 is 1.50 bits per heavy atom. The molecule has 2 N–H and O–H groups in total. The van der Waals surface area contributed by atoms with E-state index in [0.717, 1.165) is 18.5 Å². The number of rotatable bonds is 3. The van der Waals surface area contributed by atoms with Crippen LogP contribution in [-0.2, 0) is 16.1 Å². The first-order valence-electron chi connectivity index (χ1n) is 8.22. The molecule has 0 spiro atoms. The minimum atomic E-state index is -0.479. The Morgan fingerprint density at radius 2 is 2.25 bits per heavy atom. The molecule has 1 atom stereocenters. The molecule has 1 aliphatic carbocycles. The van der Waals surface area contributed by atoms with E-state index in [1.165, 1.54) is 0 Å². The Balaban J connectivity index is 2.11. The highest BCUT2D eigenvalue weighted by Gasteiger charge is 2.43. The van der Waals surface area contributed by atoms with Gasteiger partial charge in [0.2, 0.25) is 5.88 Å². The molecule has 0 aromatic carbocycles. The average molecular weight is 326 g/mol. The number of allylic oxidation sites excluding steroid dienone is 3. The summed E-state index contributed by atoms with van der Waals surface area (Å²) in [7, 11) is 0. The maximum atomic E-state index is 12.8. The molecule has 126 valence electrons.